The van der Waals surface area contributed by atoms with Crippen LogP contribution in [-0.2, 0) is 5.75 Å². The highest BCUT2D eigenvalue weighted by Crippen LogP contribution is 2.36. The SMILES string of the molecule is COc1ccc(-c2nnc(CSc3nnc(-c4ccc(OC)cc4)n3C3CCCCC3)o2)cc1. The van der Waals surface area contributed by atoms with Crippen LogP contribution in [0.1, 0.15) is 44.0 Å². The molecule has 0 radical (unpaired) electrons. The van der Waals surface area contributed by atoms with Gasteiger partial charge in [-0.3, -0.25) is 4.57 Å². The van der Waals surface area contributed by atoms with Crippen LogP contribution in [0.3, 0.4) is 0 Å². The molecule has 1 fully saturated rings. The van der Waals surface area contributed by atoms with Gasteiger partial charge in [0.2, 0.25) is 11.8 Å². The van der Waals surface area contributed by atoms with Crippen LogP contribution in [0.4, 0.5) is 0 Å². The zero-order valence-corrected chi connectivity index (χ0v) is 20.1. The van der Waals surface area contributed by atoms with Crippen molar-refractivity contribution in [1.29, 1.82) is 0 Å². The highest BCUT2D eigenvalue weighted by molar-refractivity contribution is 7.98. The van der Waals surface area contributed by atoms with Gasteiger partial charge in [0.15, 0.2) is 11.0 Å². The lowest BCUT2D eigenvalue weighted by Gasteiger charge is -2.25. The molecule has 9 heteroatoms. The molecule has 1 aliphatic rings. The summed E-state index contributed by atoms with van der Waals surface area (Å²) in [4.78, 5) is 0. The topological polar surface area (TPSA) is 88.1 Å². The fourth-order valence-electron chi connectivity index (χ4n) is 4.27. The van der Waals surface area contributed by atoms with E-state index < -0.39 is 0 Å². The summed E-state index contributed by atoms with van der Waals surface area (Å²) in [6, 6.07) is 15.9. The molecular weight excluding hydrogens is 450 g/mol. The minimum atomic E-state index is 0.390. The van der Waals surface area contributed by atoms with E-state index in [9.17, 15) is 0 Å². The van der Waals surface area contributed by atoms with Crippen LogP contribution in [-0.4, -0.2) is 39.2 Å². The summed E-state index contributed by atoms with van der Waals surface area (Å²) in [7, 11) is 3.31. The van der Waals surface area contributed by atoms with Gasteiger partial charge in [0.05, 0.1) is 20.0 Å². The van der Waals surface area contributed by atoms with Crippen molar-refractivity contribution in [2.24, 2.45) is 0 Å². The highest BCUT2D eigenvalue weighted by atomic mass is 32.2. The van der Waals surface area contributed by atoms with Gasteiger partial charge in [-0.15, -0.1) is 20.4 Å². The first-order valence-corrected chi connectivity index (χ1v) is 12.4. The second-order valence-electron chi connectivity index (χ2n) is 8.21. The van der Waals surface area contributed by atoms with Gasteiger partial charge in [-0.25, -0.2) is 0 Å². The fourth-order valence-corrected chi connectivity index (χ4v) is 5.11. The predicted molar refractivity (Wildman–Crippen MR) is 130 cm³/mol. The Morgan fingerprint density at radius 3 is 2.12 bits per heavy atom. The van der Waals surface area contributed by atoms with E-state index in [-0.39, 0.29) is 0 Å². The first-order valence-electron chi connectivity index (χ1n) is 11.4. The maximum atomic E-state index is 5.91. The van der Waals surface area contributed by atoms with Crippen LogP contribution in [0.25, 0.3) is 22.8 Å². The molecule has 0 spiro atoms. The lowest BCUT2D eigenvalue weighted by atomic mass is 9.95. The fraction of sp³-hybridized carbons (Fsp3) is 0.360. The molecule has 0 atom stereocenters. The summed E-state index contributed by atoms with van der Waals surface area (Å²) in [5.41, 5.74) is 1.89. The van der Waals surface area contributed by atoms with Crippen molar-refractivity contribution in [3.05, 3.63) is 54.4 Å². The molecule has 1 aliphatic carbocycles. The lowest BCUT2D eigenvalue weighted by Crippen LogP contribution is -2.15. The number of nitrogens with zero attached hydrogens (tertiary/aromatic N) is 5. The van der Waals surface area contributed by atoms with Gasteiger partial charge in [-0.2, -0.15) is 0 Å². The molecule has 34 heavy (non-hydrogen) atoms. The average Bonchev–Trinajstić information content (AvgIpc) is 3.55. The summed E-state index contributed by atoms with van der Waals surface area (Å²) in [5, 5.41) is 18.4. The maximum absolute atomic E-state index is 5.91. The lowest BCUT2D eigenvalue weighted by molar-refractivity contribution is 0.339. The Balaban J connectivity index is 1.37. The molecule has 0 aliphatic heterocycles. The van der Waals surface area contributed by atoms with Crippen LogP contribution in [0, 0.1) is 0 Å². The first kappa shape index (κ1) is 22.5. The van der Waals surface area contributed by atoms with Crippen LogP contribution < -0.4 is 9.47 Å². The van der Waals surface area contributed by atoms with Gasteiger partial charge in [0.25, 0.3) is 0 Å². The van der Waals surface area contributed by atoms with Crippen molar-refractivity contribution < 1.29 is 13.9 Å². The molecule has 176 valence electrons. The Morgan fingerprint density at radius 2 is 1.47 bits per heavy atom. The summed E-state index contributed by atoms with van der Waals surface area (Å²) >= 11 is 1.58. The molecule has 0 N–H and O–H groups in total. The predicted octanol–water partition coefficient (Wildman–Crippen LogP) is 5.81. The molecule has 0 amide bonds. The van der Waals surface area contributed by atoms with Crippen molar-refractivity contribution in [3.8, 4) is 34.3 Å². The number of hydrogen-bond acceptors (Lipinski definition) is 8. The van der Waals surface area contributed by atoms with E-state index in [1.807, 2.05) is 48.5 Å². The molecular formula is C25H27N5O3S. The van der Waals surface area contributed by atoms with Crippen molar-refractivity contribution in [2.45, 2.75) is 49.1 Å². The normalized spacial score (nSPS) is 14.3. The van der Waals surface area contributed by atoms with E-state index in [0.717, 1.165) is 46.4 Å². The number of ether oxygens (including phenoxy) is 2. The van der Waals surface area contributed by atoms with E-state index >= 15 is 0 Å². The van der Waals surface area contributed by atoms with Gasteiger partial charge < -0.3 is 13.9 Å². The number of benzene rings is 2. The molecule has 0 saturated heterocycles. The Labute approximate surface area is 202 Å². The van der Waals surface area contributed by atoms with Gasteiger partial charge >= 0.3 is 0 Å². The Hall–Kier alpha value is -3.33. The highest BCUT2D eigenvalue weighted by Gasteiger charge is 2.24. The molecule has 8 nitrogen and oxygen atoms in total. The summed E-state index contributed by atoms with van der Waals surface area (Å²) < 4.78 is 18.7. The summed E-state index contributed by atoms with van der Waals surface area (Å²) in [6.07, 6.45) is 6.01. The molecule has 0 bridgehead atoms. The number of thioether (sulfide) groups is 1. The molecule has 4 aromatic rings. The first-order chi connectivity index (χ1) is 16.7. The van der Waals surface area contributed by atoms with Gasteiger partial charge in [-0.05, 0) is 61.4 Å². The van der Waals surface area contributed by atoms with Crippen molar-refractivity contribution >= 4 is 11.8 Å². The zero-order valence-electron chi connectivity index (χ0n) is 19.3. The molecule has 5 rings (SSSR count). The van der Waals surface area contributed by atoms with Crippen LogP contribution in [0.5, 0.6) is 11.5 Å². The molecule has 2 aromatic heterocycles. The number of rotatable bonds is 8. The number of aromatic nitrogens is 5. The quantitative estimate of drug-likeness (QED) is 0.294. The Bertz CT molecular complexity index is 1210. The minimum absolute atomic E-state index is 0.390. The number of methoxy groups -OCH3 is 2. The monoisotopic (exact) mass is 477 g/mol. The smallest absolute Gasteiger partial charge is 0.247 e. The second-order valence-corrected chi connectivity index (χ2v) is 9.16. The third kappa shape index (κ3) is 4.79. The molecule has 2 aromatic carbocycles. The summed E-state index contributed by atoms with van der Waals surface area (Å²) in [5.74, 6) is 4.07. The Morgan fingerprint density at radius 1 is 0.824 bits per heavy atom. The largest absolute Gasteiger partial charge is 0.497 e. The second kappa shape index (κ2) is 10.3. The van der Waals surface area contributed by atoms with Crippen molar-refractivity contribution in [2.75, 3.05) is 14.2 Å². The maximum Gasteiger partial charge on any atom is 0.247 e. The van der Waals surface area contributed by atoms with Crippen LogP contribution in [0.15, 0.2) is 58.1 Å². The number of hydrogen-bond donors (Lipinski definition) is 0. The van der Waals surface area contributed by atoms with Crippen LogP contribution >= 0.6 is 11.8 Å². The minimum Gasteiger partial charge on any atom is -0.497 e. The van der Waals surface area contributed by atoms with E-state index in [1.165, 1.54) is 19.3 Å². The third-order valence-corrected chi connectivity index (χ3v) is 7.01. The van der Waals surface area contributed by atoms with Crippen molar-refractivity contribution in [1.82, 2.24) is 25.0 Å². The van der Waals surface area contributed by atoms with E-state index in [0.29, 0.717) is 23.6 Å². The summed E-state index contributed by atoms with van der Waals surface area (Å²) in [6.45, 7) is 0. The average molecular weight is 478 g/mol. The van der Waals surface area contributed by atoms with Gasteiger partial charge in [-0.1, -0.05) is 31.0 Å². The standard InChI is InChI=1S/C25H27N5O3S/c1-31-20-12-8-17(9-13-20)23-27-29-25(30(23)19-6-4-3-5-7-19)34-16-22-26-28-24(33-22)18-10-14-21(32-2)15-11-18/h8-15,19H,3-7,16H2,1-2H3. The van der Waals surface area contributed by atoms with E-state index in [1.54, 1.807) is 26.0 Å². The third-order valence-electron chi connectivity index (χ3n) is 6.08. The van der Waals surface area contributed by atoms with Crippen LogP contribution in [0.2, 0.25) is 0 Å². The van der Waals surface area contributed by atoms with Crippen molar-refractivity contribution in [3.63, 3.8) is 0 Å². The molecule has 1 saturated carbocycles. The van der Waals surface area contributed by atoms with E-state index in [2.05, 4.69) is 25.0 Å². The zero-order chi connectivity index (χ0) is 23.3. The van der Waals surface area contributed by atoms with Gasteiger partial charge in [0, 0.05) is 17.2 Å². The Kier molecular flexibility index (Phi) is 6.80. The molecule has 2 heterocycles. The van der Waals surface area contributed by atoms with Gasteiger partial charge in [0.1, 0.15) is 11.5 Å². The van der Waals surface area contributed by atoms with E-state index in [4.69, 9.17) is 13.9 Å². The molecule has 0 unspecified atom stereocenters.